The molecule has 0 aromatic heterocycles. The van der Waals surface area contributed by atoms with Gasteiger partial charge in [-0.15, -0.1) is 0 Å². The van der Waals surface area contributed by atoms with Crippen molar-refractivity contribution < 1.29 is 4.79 Å². The molecule has 0 bridgehead atoms. The van der Waals surface area contributed by atoms with Crippen LogP contribution < -0.4 is 5.73 Å². The topological polar surface area (TPSA) is 46.3 Å². The smallest absolute Gasteiger partial charge is 0.223 e. The fraction of sp³-hybridized carbons (Fsp3) is 0.562. The molecule has 0 unspecified atom stereocenters. The Labute approximate surface area is 115 Å². The molecule has 2 rings (SSSR count). The quantitative estimate of drug-likeness (QED) is 0.854. The Hall–Kier alpha value is -1.35. The molecule has 1 fully saturated rings. The molecule has 3 heteroatoms. The van der Waals surface area contributed by atoms with Gasteiger partial charge in [0.25, 0.3) is 0 Å². The molecule has 1 amide bonds. The largest absolute Gasteiger partial charge is 0.337 e. The number of hydrogen-bond donors (Lipinski definition) is 1. The van der Waals surface area contributed by atoms with Crippen LogP contribution in [0, 0.1) is 5.92 Å². The Morgan fingerprint density at radius 2 is 1.89 bits per heavy atom. The maximum atomic E-state index is 12.4. The predicted molar refractivity (Wildman–Crippen MR) is 77.5 cm³/mol. The van der Waals surface area contributed by atoms with Crippen molar-refractivity contribution in [3.63, 3.8) is 0 Å². The summed E-state index contributed by atoms with van der Waals surface area (Å²) >= 11 is 0. The first kappa shape index (κ1) is 14.1. The fourth-order valence-electron chi connectivity index (χ4n) is 2.84. The second-order valence-electron chi connectivity index (χ2n) is 5.44. The van der Waals surface area contributed by atoms with Crippen LogP contribution in [0.3, 0.4) is 0 Å². The van der Waals surface area contributed by atoms with Gasteiger partial charge in [0.15, 0.2) is 0 Å². The van der Waals surface area contributed by atoms with Gasteiger partial charge in [0.05, 0.1) is 0 Å². The summed E-state index contributed by atoms with van der Waals surface area (Å²) in [4.78, 5) is 14.3. The van der Waals surface area contributed by atoms with Crippen LogP contribution >= 0.6 is 0 Å². The first-order chi connectivity index (χ1) is 9.29. The Morgan fingerprint density at radius 1 is 1.21 bits per heavy atom. The van der Waals surface area contributed by atoms with Crippen molar-refractivity contribution >= 4 is 5.91 Å². The summed E-state index contributed by atoms with van der Waals surface area (Å²) in [5.41, 5.74) is 6.81. The van der Waals surface area contributed by atoms with E-state index >= 15 is 0 Å². The summed E-state index contributed by atoms with van der Waals surface area (Å²) in [6.07, 6.45) is 5.70. The number of benzene rings is 1. The lowest BCUT2D eigenvalue weighted by Crippen LogP contribution is -2.35. The molecule has 2 N–H and O–H groups in total. The van der Waals surface area contributed by atoms with Crippen molar-refractivity contribution in [3.8, 4) is 0 Å². The van der Waals surface area contributed by atoms with E-state index in [1.165, 1.54) is 31.2 Å². The summed E-state index contributed by atoms with van der Waals surface area (Å²) in [5, 5.41) is 0. The molecule has 0 atom stereocenters. The van der Waals surface area contributed by atoms with Crippen LogP contribution in [-0.2, 0) is 11.3 Å². The van der Waals surface area contributed by atoms with E-state index in [2.05, 4.69) is 12.1 Å². The maximum absolute atomic E-state index is 12.4. The van der Waals surface area contributed by atoms with Crippen molar-refractivity contribution in [2.24, 2.45) is 11.7 Å². The number of nitrogens with zero attached hydrogens (tertiary/aromatic N) is 1. The van der Waals surface area contributed by atoms with Gasteiger partial charge < -0.3 is 10.6 Å². The molecule has 1 aliphatic carbocycles. The van der Waals surface area contributed by atoms with Crippen LogP contribution in [0.5, 0.6) is 0 Å². The molecule has 0 saturated heterocycles. The van der Waals surface area contributed by atoms with E-state index in [1.54, 1.807) is 0 Å². The summed E-state index contributed by atoms with van der Waals surface area (Å²) in [7, 11) is 0. The standard InChI is InChI=1S/C16H24N2O/c17-10-11-18(13-15-8-2-1-3-9-15)16(19)12-14-6-4-5-7-14/h1-3,8-9,14H,4-7,10-13,17H2. The normalized spacial score (nSPS) is 15.6. The van der Waals surface area contributed by atoms with Crippen molar-refractivity contribution in [1.82, 2.24) is 4.90 Å². The molecule has 1 saturated carbocycles. The molecule has 1 aliphatic rings. The van der Waals surface area contributed by atoms with Crippen molar-refractivity contribution in [3.05, 3.63) is 35.9 Å². The van der Waals surface area contributed by atoms with Gasteiger partial charge in [-0.25, -0.2) is 0 Å². The van der Waals surface area contributed by atoms with Gasteiger partial charge in [0.2, 0.25) is 5.91 Å². The van der Waals surface area contributed by atoms with E-state index in [4.69, 9.17) is 5.73 Å². The highest BCUT2D eigenvalue weighted by Gasteiger charge is 2.21. The number of amides is 1. The fourth-order valence-corrected chi connectivity index (χ4v) is 2.84. The summed E-state index contributed by atoms with van der Waals surface area (Å²) in [6.45, 7) is 1.87. The van der Waals surface area contributed by atoms with Crippen molar-refractivity contribution in [1.29, 1.82) is 0 Å². The first-order valence-corrected chi connectivity index (χ1v) is 7.31. The molecule has 1 aromatic rings. The monoisotopic (exact) mass is 260 g/mol. The Kier molecular flexibility index (Phi) is 5.40. The minimum Gasteiger partial charge on any atom is -0.337 e. The molecule has 0 aliphatic heterocycles. The third kappa shape index (κ3) is 4.35. The van der Waals surface area contributed by atoms with Crippen LogP contribution in [0.2, 0.25) is 0 Å². The third-order valence-corrected chi connectivity index (χ3v) is 3.91. The van der Waals surface area contributed by atoms with Gasteiger partial charge in [-0.1, -0.05) is 43.2 Å². The zero-order valence-corrected chi connectivity index (χ0v) is 11.6. The second kappa shape index (κ2) is 7.29. The molecular formula is C16H24N2O. The van der Waals surface area contributed by atoms with Gasteiger partial charge in [0.1, 0.15) is 0 Å². The molecule has 0 radical (unpaired) electrons. The highest BCUT2D eigenvalue weighted by atomic mass is 16.2. The summed E-state index contributed by atoms with van der Waals surface area (Å²) in [6, 6.07) is 10.1. The average molecular weight is 260 g/mol. The molecule has 19 heavy (non-hydrogen) atoms. The highest BCUT2D eigenvalue weighted by molar-refractivity contribution is 5.76. The second-order valence-corrected chi connectivity index (χ2v) is 5.44. The summed E-state index contributed by atoms with van der Waals surface area (Å²) < 4.78 is 0. The molecule has 0 heterocycles. The van der Waals surface area contributed by atoms with Crippen molar-refractivity contribution in [2.75, 3.05) is 13.1 Å². The van der Waals surface area contributed by atoms with Crippen LogP contribution in [0.4, 0.5) is 0 Å². The molecular weight excluding hydrogens is 236 g/mol. The first-order valence-electron chi connectivity index (χ1n) is 7.31. The number of hydrogen-bond acceptors (Lipinski definition) is 2. The van der Waals surface area contributed by atoms with E-state index in [-0.39, 0.29) is 5.91 Å². The lowest BCUT2D eigenvalue weighted by atomic mass is 10.0. The number of nitrogens with two attached hydrogens (primary N) is 1. The van der Waals surface area contributed by atoms with Gasteiger partial charge >= 0.3 is 0 Å². The number of rotatable bonds is 6. The maximum Gasteiger partial charge on any atom is 0.223 e. The number of carbonyl (C=O) groups excluding carboxylic acids is 1. The van der Waals surface area contributed by atoms with Crippen LogP contribution in [0.25, 0.3) is 0 Å². The zero-order valence-electron chi connectivity index (χ0n) is 11.6. The van der Waals surface area contributed by atoms with Crippen LogP contribution in [0.1, 0.15) is 37.7 Å². The van der Waals surface area contributed by atoms with Gasteiger partial charge in [0, 0.05) is 26.1 Å². The Morgan fingerprint density at radius 3 is 2.53 bits per heavy atom. The molecule has 1 aromatic carbocycles. The number of carbonyl (C=O) groups is 1. The average Bonchev–Trinajstić information content (AvgIpc) is 2.92. The zero-order chi connectivity index (χ0) is 13.5. The highest BCUT2D eigenvalue weighted by Crippen LogP contribution is 2.28. The van der Waals surface area contributed by atoms with E-state index in [1.807, 2.05) is 23.1 Å². The van der Waals surface area contributed by atoms with Gasteiger partial charge in [-0.2, -0.15) is 0 Å². The minimum atomic E-state index is 0.265. The minimum absolute atomic E-state index is 0.265. The Bertz CT molecular complexity index is 385. The summed E-state index contributed by atoms with van der Waals surface area (Å²) in [5.74, 6) is 0.866. The van der Waals surface area contributed by atoms with Crippen molar-refractivity contribution in [2.45, 2.75) is 38.6 Å². The molecule has 0 spiro atoms. The van der Waals surface area contributed by atoms with Gasteiger partial charge in [-0.3, -0.25) is 4.79 Å². The van der Waals surface area contributed by atoms with E-state index in [0.29, 0.717) is 32.0 Å². The lowest BCUT2D eigenvalue weighted by molar-refractivity contribution is -0.132. The molecule has 104 valence electrons. The SMILES string of the molecule is NCCN(Cc1ccccc1)C(=O)CC1CCCC1. The third-order valence-electron chi connectivity index (χ3n) is 3.91. The van der Waals surface area contributed by atoms with E-state index in [0.717, 1.165) is 0 Å². The predicted octanol–water partition coefficient (Wildman–Crippen LogP) is 2.55. The van der Waals surface area contributed by atoms with Gasteiger partial charge in [-0.05, 0) is 24.3 Å². The van der Waals surface area contributed by atoms with Crippen LogP contribution in [0.15, 0.2) is 30.3 Å². The Balaban J connectivity index is 1.92. The van der Waals surface area contributed by atoms with Crippen LogP contribution in [-0.4, -0.2) is 23.9 Å². The lowest BCUT2D eigenvalue weighted by Gasteiger charge is -2.23. The molecule has 3 nitrogen and oxygen atoms in total. The van der Waals surface area contributed by atoms with E-state index in [9.17, 15) is 4.79 Å². The van der Waals surface area contributed by atoms with E-state index < -0.39 is 0 Å².